The van der Waals surface area contributed by atoms with E-state index in [4.69, 9.17) is 5.26 Å². The van der Waals surface area contributed by atoms with Crippen LogP contribution in [0, 0.1) is 23.0 Å². The van der Waals surface area contributed by atoms with E-state index >= 15 is 0 Å². The molecule has 1 aromatic heterocycles. The van der Waals surface area contributed by atoms with Crippen molar-refractivity contribution in [3.8, 4) is 6.07 Å². The van der Waals surface area contributed by atoms with Gasteiger partial charge in [0.05, 0.1) is 24.4 Å². The summed E-state index contributed by atoms with van der Waals surface area (Å²) >= 11 is 0. The topological polar surface area (TPSA) is 88.8 Å². The summed E-state index contributed by atoms with van der Waals surface area (Å²) in [6, 6.07) is 3.65. The maximum Gasteiger partial charge on any atom is 0.150 e. The first-order valence-corrected chi connectivity index (χ1v) is 6.26. The third kappa shape index (κ3) is 2.21. The van der Waals surface area contributed by atoms with Crippen LogP contribution in [-0.2, 0) is 5.60 Å². The van der Waals surface area contributed by atoms with Crippen LogP contribution in [0.3, 0.4) is 0 Å². The molecule has 2 N–H and O–H groups in total. The fourth-order valence-electron chi connectivity index (χ4n) is 2.55. The van der Waals surface area contributed by atoms with Crippen LogP contribution >= 0.6 is 0 Å². The van der Waals surface area contributed by atoms with Crippen molar-refractivity contribution < 1.29 is 13.9 Å². The Balaban J connectivity index is 1.92. The average Bonchev–Trinajstić information content (AvgIpc) is 3.08. The summed E-state index contributed by atoms with van der Waals surface area (Å²) in [5.74, 6) is -1.65. The van der Waals surface area contributed by atoms with E-state index in [2.05, 4.69) is 15.4 Å². The molecule has 6 nitrogen and oxygen atoms in total. The van der Waals surface area contributed by atoms with Crippen molar-refractivity contribution >= 4 is 5.69 Å². The number of aromatic amines is 1. The number of nitrogens with one attached hydrogen (secondary N) is 1. The first-order valence-electron chi connectivity index (χ1n) is 6.26. The quantitative estimate of drug-likeness (QED) is 0.863. The van der Waals surface area contributed by atoms with Crippen molar-refractivity contribution in [3.05, 3.63) is 41.2 Å². The number of benzene rings is 1. The van der Waals surface area contributed by atoms with Gasteiger partial charge in [0.1, 0.15) is 17.0 Å². The molecule has 0 spiro atoms. The smallest absolute Gasteiger partial charge is 0.150 e. The molecule has 0 unspecified atom stereocenters. The zero-order chi connectivity index (χ0) is 15.0. The molecule has 8 heteroatoms. The van der Waals surface area contributed by atoms with Crippen LogP contribution in [0.25, 0.3) is 0 Å². The molecule has 1 aliphatic rings. The van der Waals surface area contributed by atoms with Crippen molar-refractivity contribution in [2.75, 3.05) is 18.0 Å². The predicted molar refractivity (Wildman–Crippen MR) is 68.2 cm³/mol. The third-order valence-corrected chi connectivity index (χ3v) is 3.60. The Kier molecular flexibility index (Phi) is 3.07. The Labute approximate surface area is 118 Å². The van der Waals surface area contributed by atoms with E-state index in [1.54, 1.807) is 6.07 Å². The number of halogens is 2. The second-order valence-corrected chi connectivity index (χ2v) is 4.96. The van der Waals surface area contributed by atoms with Crippen molar-refractivity contribution in [1.29, 1.82) is 5.26 Å². The number of nitriles is 1. The molecule has 0 bridgehead atoms. The Morgan fingerprint density at radius 2 is 2.10 bits per heavy atom. The van der Waals surface area contributed by atoms with Crippen LogP contribution in [0.1, 0.15) is 17.7 Å². The summed E-state index contributed by atoms with van der Waals surface area (Å²) in [6.07, 6.45) is 1.66. The highest BCUT2D eigenvalue weighted by Crippen LogP contribution is 2.35. The summed E-state index contributed by atoms with van der Waals surface area (Å²) in [7, 11) is 0. The van der Waals surface area contributed by atoms with Crippen LogP contribution < -0.4 is 4.90 Å². The van der Waals surface area contributed by atoms with Crippen molar-refractivity contribution in [1.82, 2.24) is 15.4 Å². The minimum atomic E-state index is -1.31. The highest BCUT2D eigenvalue weighted by molar-refractivity contribution is 5.54. The Morgan fingerprint density at radius 3 is 2.67 bits per heavy atom. The van der Waals surface area contributed by atoms with Crippen LogP contribution in [0.15, 0.2) is 18.3 Å². The number of anilines is 1. The number of rotatable bonds is 2. The normalized spacial score (nSPS) is 21.5. The van der Waals surface area contributed by atoms with Gasteiger partial charge in [-0.25, -0.2) is 8.78 Å². The van der Waals surface area contributed by atoms with Gasteiger partial charge in [-0.2, -0.15) is 20.7 Å². The highest BCUT2D eigenvalue weighted by atomic mass is 19.1. The van der Waals surface area contributed by atoms with E-state index in [-0.39, 0.29) is 30.8 Å². The monoisotopic (exact) mass is 291 g/mol. The maximum absolute atomic E-state index is 14.0. The van der Waals surface area contributed by atoms with Crippen LogP contribution in [0.4, 0.5) is 14.5 Å². The number of hydrogen-bond acceptors (Lipinski definition) is 5. The summed E-state index contributed by atoms with van der Waals surface area (Å²) in [6.45, 7) is 0.266. The van der Waals surface area contributed by atoms with E-state index < -0.39 is 17.2 Å². The molecule has 2 heterocycles. The molecule has 0 radical (unpaired) electrons. The van der Waals surface area contributed by atoms with E-state index in [1.165, 1.54) is 11.1 Å². The first-order chi connectivity index (χ1) is 10.0. The van der Waals surface area contributed by atoms with Gasteiger partial charge in [-0.15, -0.1) is 0 Å². The predicted octanol–water partition coefficient (Wildman–Crippen LogP) is 1.05. The van der Waals surface area contributed by atoms with Gasteiger partial charge in [-0.05, 0) is 12.1 Å². The number of aromatic nitrogens is 3. The van der Waals surface area contributed by atoms with Crippen molar-refractivity contribution in [3.63, 3.8) is 0 Å². The van der Waals surface area contributed by atoms with Crippen LogP contribution in [0.2, 0.25) is 0 Å². The van der Waals surface area contributed by atoms with Gasteiger partial charge in [-0.1, -0.05) is 0 Å². The molecule has 1 fully saturated rings. The molecule has 0 saturated carbocycles. The number of β-amino-alcohol motifs (C(OH)–C–C–N with tert-alkyl or cyclic N) is 1. The molecule has 108 valence electrons. The summed E-state index contributed by atoms with van der Waals surface area (Å²) in [4.78, 5) is 1.40. The first kappa shape index (κ1) is 13.5. The standard InChI is InChI=1S/C13H11F2N5O/c14-9-3-8(5-16)4-10(15)12(9)20-2-1-13(21,7-20)11-6-17-19-18-11/h3-4,6,21H,1-2,7H2,(H,17,18,19)/t13-/m1/s1. The van der Waals surface area contributed by atoms with Gasteiger partial charge >= 0.3 is 0 Å². The molecule has 1 aliphatic heterocycles. The molecule has 1 atom stereocenters. The van der Waals surface area contributed by atoms with Gasteiger partial charge < -0.3 is 10.0 Å². The Bertz CT molecular complexity index is 689. The van der Waals surface area contributed by atoms with E-state index in [0.717, 1.165) is 12.1 Å². The van der Waals surface area contributed by atoms with Crippen molar-refractivity contribution in [2.45, 2.75) is 12.0 Å². The number of aliphatic hydroxyl groups is 1. The van der Waals surface area contributed by atoms with Gasteiger partial charge in [0.15, 0.2) is 11.6 Å². The summed E-state index contributed by atoms with van der Waals surface area (Å²) in [5.41, 5.74) is -1.30. The summed E-state index contributed by atoms with van der Waals surface area (Å²) in [5, 5.41) is 29.1. The number of hydrogen-bond donors (Lipinski definition) is 2. The van der Waals surface area contributed by atoms with Crippen LogP contribution in [-0.4, -0.2) is 33.6 Å². The zero-order valence-corrected chi connectivity index (χ0v) is 10.8. The van der Waals surface area contributed by atoms with Gasteiger partial charge in [0.25, 0.3) is 0 Å². The maximum atomic E-state index is 14.0. The lowest BCUT2D eigenvalue weighted by atomic mass is 10.00. The fourth-order valence-corrected chi connectivity index (χ4v) is 2.55. The molecule has 0 aliphatic carbocycles. The molecule has 21 heavy (non-hydrogen) atoms. The second-order valence-electron chi connectivity index (χ2n) is 4.96. The summed E-state index contributed by atoms with van der Waals surface area (Å²) < 4.78 is 28.0. The number of H-pyrrole nitrogens is 1. The molecule has 1 aromatic carbocycles. The minimum Gasteiger partial charge on any atom is -0.381 e. The SMILES string of the molecule is N#Cc1cc(F)c(N2CC[C@](O)(c3cn[nH]n3)C2)c(F)c1. The lowest BCUT2D eigenvalue weighted by molar-refractivity contribution is 0.0559. The minimum absolute atomic E-state index is 0.000721. The lowest BCUT2D eigenvalue weighted by Crippen LogP contribution is -2.32. The molecular weight excluding hydrogens is 280 g/mol. The van der Waals surface area contributed by atoms with E-state index in [9.17, 15) is 13.9 Å². The average molecular weight is 291 g/mol. The van der Waals surface area contributed by atoms with E-state index in [1.807, 2.05) is 0 Å². The van der Waals surface area contributed by atoms with E-state index in [0.29, 0.717) is 5.69 Å². The fraction of sp³-hybridized carbons (Fsp3) is 0.308. The molecular formula is C13H11F2N5O. The van der Waals surface area contributed by atoms with Crippen LogP contribution in [0.5, 0.6) is 0 Å². The highest BCUT2D eigenvalue weighted by Gasteiger charge is 2.41. The number of nitrogens with zero attached hydrogens (tertiary/aromatic N) is 4. The Hall–Kier alpha value is -2.53. The van der Waals surface area contributed by atoms with Crippen molar-refractivity contribution in [2.24, 2.45) is 0 Å². The van der Waals surface area contributed by atoms with Gasteiger partial charge in [0, 0.05) is 13.0 Å². The molecule has 2 aromatic rings. The zero-order valence-electron chi connectivity index (χ0n) is 10.8. The largest absolute Gasteiger partial charge is 0.381 e. The van der Waals surface area contributed by atoms with Gasteiger partial charge in [0.2, 0.25) is 0 Å². The molecule has 3 rings (SSSR count). The molecule has 0 amide bonds. The molecule has 1 saturated heterocycles. The Morgan fingerprint density at radius 1 is 1.38 bits per heavy atom. The lowest BCUT2D eigenvalue weighted by Gasteiger charge is -2.23. The third-order valence-electron chi connectivity index (χ3n) is 3.60. The van der Waals surface area contributed by atoms with Gasteiger partial charge in [-0.3, -0.25) is 0 Å². The second kappa shape index (κ2) is 4.79.